The molecule has 1 amide bonds. The van der Waals surface area contributed by atoms with E-state index in [0.29, 0.717) is 18.8 Å². The maximum absolute atomic E-state index is 11.5. The summed E-state index contributed by atoms with van der Waals surface area (Å²) in [6.07, 6.45) is 9.66. The first-order valence-corrected chi connectivity index (χ1v) is 10.4. The van der Waals surface area contributed by atoms with Crippen LogP contribution in [0.15, 0.2) is 24.5 Å². The number of hydrogen-bond donors (Lipinski definition) is 2. The molecular weight excluding hydrogens is 358 g/mol. The Labute approximate surface area is 161 Å². The second kappa shape index (κ2) is 6.88. The van der Waals surface area contributed by atoms with Gasteiger partial charge in [0.2, 0.25) is 5.91 Å². The van der Waals surface area contributed by atoms with Crippen molar-refractivity contribution in [1.82, 2.24) is 20.3 Å². The predicted octanol–water partition coefficient (Wildman–Crippen LogP) is 3.32. The number of anilines is 1. The molecule has 27 heavy (non-hydrogen) atoms. The van der Waals surface area contributed by atoms with Crippen LogP contribution < -0.4 is 10.6 Å². The van der Waals surface area contributed by atoms with E-state index in [1.54, 1.807) is 23.7 Å². The van der Waals surface area contributed by atoms with Gasteiger partial charge in [0.1, 0.15) is 10.6 Å². The Morgan fingerprint density at radius 3 is 2.93 bits per heavy atom. The van der Waals surface area contributed by atoms with Gasteiger partial charge in [0.05, 0.1) is 5.39 Å². The molecule has 1 saturated heterocycles. The topological polar surface area (TPSA) is 79.8 Å². The SMILES string of the molecule is O=C1CCC(Nc2nc(-c3cccnc3)nc3sc4c(c23)CCCC4)CN1. The number of nitrogens with one attached hydrogen (secondary N) is 2. The van der Waals surface area contributed by atoms with Gasteiger partial charge in [-0.1, -0.05) is 0 Å². The van der Waals surface area contributed by atoms with Crippen LogP contribution in [-0.4, -0.2) is 33.4 Å². The molecule has 3 aromatic heterocycles. The molecule has 138 valence electrons. The molecule has 1 aliphatic carbocycles. The number of rotatable bonds is 3. The minimum absolute atomic E-state index is 0.129. The number of nitrogens with zero attached hydrogens (tertiary/aromatic N) is 3. The van der Waals surface area contributed by atoms with Crippen molar-refractivity contribution in [3.05, 3.63) is 35.0 Å². The molecule has 4 heterocycles. The van der Waals surface area contributed by atoms with E-state index in [1.165, 1.54) is 28.7 Å². The van der Waals surface area contributed by atoms with Gasteiger partial charge < -0.3 is 10.6 Å². The second-order valence-corrected chi connectivity index (χ2v) is 8.30. The number of amides is 1. The molecule has 1 fully saturated rings. The predicted molar refractivity (Wildman–Crippen MR) is 107 cm³/mol. The Bertz CT molecular complexity index is 991. The number of carbonyl (C=O) groups is 1. The highest BCUT2D eigenvalue weighted by molar-refractivity contribution is 7.19. The first kappa shape index (κ1) is 16.6. The lowest BCUT2D eigenvalue weighted by atomic mass is 9.96. The van der Waals surface area contributed by atoms with Crippen LogP contribution in [0, 0.1) is 0 Å². The van der Waals surface area contributed by atoms with E-state index in [1.807, 2.05) is 12.1 Å². The summed E-state index contributed by atoms with van der Waals surface area (Å²) in [5.74, 6) is 1.74. The summed E-state index contributed by atoms with van der Waals surface area (Å²) in [6.45, 7) is 0.638. The number of carbonyl (C=O) groups excluding carboxylic acids is 1. The third-order valence-electron chi connectivity index (χ3n) is 5.34. The molecule has 6 nitrogen and oxygen atoms in total. The van der Waals surface area contributed by atoms with Crippen LogP contribution in [0.25, 0.3) is 21.6 Å². The zero-order valence-electron chi connectivity index (χ0n) is 15.0. The molecular formula is C20H21N5OS. The van der Waals surface area contributed by atoms with E-state index in [2.05, 4.69) is 15.6 Å². The normalized spacial score (nSPS) is 19.6. The van der Waals surface area contributed by atoms with Gasteiger partial charge in [0.15, 0.2) is 5.82 Å². The molecule has 3 aromatic rings. The summed E-state index contributed by atoms with van der Waals surface area (Å²) in [5, 5.41) is 7.74. The molecule has 0 spiro atoms. The van der Waals surface area contributed by atoms with E-state index in [-0.39, 0.29) is 11.9 Å². The average Bonchev–Trinajstić information content (AvgIpc) is 3.09. The van der Waals surface area contributed by atoms with E-state index >= 15 is 0 Å². The lowest BCUT2D eigenvalue weighted by molar-refractivity contribution is -0.122. The van der Waals surface area contributed by atoms with E-state index < -0.39 is 0 Å². The first-order chi connectivity index (χ1) is 13.3. The number of fused-ring (bicyclic) bond motifs is 3. The third kappa shape index (κ3) is 3.16. The maximum Gasteiger partial charge on any atom is 0.220 e. The Morgan fingerprint density at radius 1 is 1.19 bits per heavy atom. The number of hydrogen-bond acceptors (Lipinski definition) is 6. The van der Waals surface area contributed by atoms with Crippen LogP contribution in [0.1, 0.15) is 36.1 Å². The van der Waals surface area contributed by atoms with Gasteiger partial charge >= 0.3 is 0 Å². The molecule has 7 heteroatoms. The van der Waals surface area contributed by atoms with Crippen LogP contribution >= 0.6 is 11.3 Å². The van der Waals surface area contributed by atoms with Crippen LogP contribution in [0.5, 0.6) is 0 Å². The molecule has 1 atom stereocenters. The monoisotopic (exact) mass is 379 g/mol. The Hall–Kier alpha value is -2.54. The lowest BCUT2D eigenvalue weighted by Gasteiger charge is -2.24. The first-order valence-electron chi connectivity index (χ1n) is 9.54. The summed E-state index contributed by atoms with van der Waals surface area (Å²) < 4.78 is 0. The molecule has 1 unspecified atom stereocenters. The van der Waals surface area contributed by atoms with E-state index in [4.69, 9.17) is 9.97 Å². The van der Waals surface area contributed by atoms with Gasteiger partial charge in [-0.05, 0) is 49.8 Å². The smallest absolute Gasteiger partial charge is 0.220 e. The highest BCUT2D eigenvalue weighted by atomic mass is 32.1. The maximum atomic E-state index is 11.5. The fraction of sp³-hybridized carbons (Fsp3) is 0.400. The van der Waals surface area contributed by atoms with Gasteiger partial charge in [-0.15, -0.1) is 11.3 Å². The molecule has 0 saturated carbocycles. The average molecular weight is 379 g/mol. The van der Waals surface area contributed by atoms with Gasteiger partial charge in [-0.2, -0.15) is 0 Å². The van der Waals surface area contributed by atoms with E-state index in [9.17, 15) is 4.79 Å². The number of thiophene rings is 1. The highest BCUT2D eigenvalue weighted by Gasteiger charge is 2.24. The fourth-order valence-electron chi connectivity index (χ4n) is 3.94. The van der Waals surface area contributed by atoms with Gasteiger partial charge in [0.25, 0.3) is 0 Å². The van der Waals surface area contributed by atoms with Crippen molar-refractivity contribution >= 4 is 33.3 Å². The molecule has 2 N–H and O–H groups in total. The standard InChI is InChI=1S/C20H21N5OS/c26-16-8-7-13(11-22-16)23-19-17-14-5-1-2-6-15(14)27-20(17)25-18(24-19)12-4-3-9-21-10-12/h3-4,9-10,13H,1-2,5-8,11H2,(H,22,26)(H,23,24,25). The van der Waals surface area contributed by atoms with Crippen LogP contribution in [0.2, 0.25) is 0 Å². The van der Waals surface area contributed by atoms with Crippen molar-refractivity contribution in [2.75, 3.05) is 11.9 Å². The van der Waals surface area contributed by atoms with Crippen molar-refractivity contribution in [1.29, 1.82) is 0 Å². The molecule has 1 aliphatic heterocycles. The zero-order valence-corrected chi connectivity index (χ0v) is 15.8. The summed E-state index contributed by atoms with van der Waals surface area (Å²) in [6, 6.07) is 4.10. The highest BCUT2D eigenvalue weighted by Crippen LogP contribution is 2.39. The van der Waals surface area contributed by atoms with Crippen LogP contribution in [0.4, 0.5) is 5.82 Å². The molecule has 5 rings (SSSR count). The van der Waals surface area contributed by atoms with Crippen molar-refractivity contribution in [2.24, 2.45) is 0 Å². The van der Waals surface area contributed by atoms with Crippen molar-refractivity contribution in [3.8, 4) is 11.4 Å². The molecule has 0 aromatic carbocycles. The van der Waals surface area contributed by atoms with Crippen molar-refractivity contribution < 1.29 is 4.79 Å². The van der Waals surface area contributed by atoms with Gasteiger partial charge in [0, 0.05) is 41.8 Å². The van der Waals surface area contributed by atoms with Crippen LogP contribution in [-0.2, 0) is 17.6 Å². The number of pyridine rings is 1. The number of aryl methyl sites for hydroxylation is 2. The quantitative estimate of drug-likeness (QED) is 0.730. The van der Waals surface area contributed by atoms with Crippen molar-refractivity contribution in [2.45, 2.75) is 44.6 Å². The molecule has 0 radical (unpaired) electrons. The van der Waals surface area contributed by atoms with Crippen LogP contribution in [0.3, 0.4) is 0 Å². The molecule has 2 aliphatic rings. The Balaban J connectivity index is 1.61. The van der Waals surface area contributed by atoms with Gasteiger partial charge in [-0.25, -0.2) is 9.97 Å². The Morgan fingerprint density at radius 2 is 2.11 bits per heavy atom. The van der Waals surface area contributed by atoms with Crippen molar-refractivity contribution in [3.63, 3.8) is 0 Å². The third-order valence-corrected chi connectivity index (χ3v) is 6.53. The fourth-order valence-corrected chi connectivity index (χ4v) is 5.20. The number of piperidine rings is 1. The second-order valence-electron chi connectivity index (χ2n) is 7.21. The van der Waals surface area contributed by atoms with E-state index in [0.717, 1.165) is 35.5 Å². The summed E-state index contributed by atoms with van der Waals surface area (Å²) in [5.41, 5.74) is 2.34. The zero-order chi connectivity index (χ0) is 18.2. The lowest BCUT2D eigenvalue weighted by Crippen LogP contribution is -2.42. The van der Waals surface area contributed by atoms with Gasteiger partial charge in [-0.3, -0.25) is 9.78 Å². The minimum Gasteiger partial charge on any atom is -0.365 e. The minimum atomic E-state index is 0.129. The summed E-state index contributed by atoms with van der Waals surface area (Å²) in [7, 11) is 0. The molecule has 0 bridgehead atoms. The Kier molecular flexibility index (Phi) is 4.24. The number of aromatic nitrogens is 3. The largest absolute Gasteiger partial charge is 0.365 e. The summed E-state index contributed by atoms with van der Waals surface area (Å²) >= 11 is 1.80. The summed E-state index contributed by atoms with van der Waals surface area (Å²) in [4.78, 5) is 28.0.